The molecule has 1 heterocycles. The van der Waals surface area contributed by atoms with Gasteiger partial charge < -0.3 is 10.4 Å². The van der Waals surface area contributed by atoms with Crippen LogP contribution in [0.3, 0.4) is 0 Å². The molecule has 1 aliphatic heterocycles. The Kier molecular flexibility index (Phi) is 2.85. The van der Waals surface area contributed by atoms with Gasteiger partial charge in [-0.25, -0.2) is 0 Å². The zero-order valence-electron chi connectivity index (χ0n) is 6.79. The first-order valence-electron chi connectivity index (χ1n) is 3.93. The summed E-state index contributed by atoms with van der Waals surface area (Å²) in [4.78, 5) is 11.3. The third-order valence-electron chi connectivity index (χ3n) is 2.01. The Labute approximate surface area is 69.6 Å². The first-order valence-corrected chi connectivity index (χ1v) is 4.44. The summed E-state index contributed by atoms with van der Waals surface area (Å²) in [6.07, 6.45) is 1.79. The van der Waals surface area contributed by atoms with Crippen molar-refractivity contribution in [3.05, 3.63) is 0 Å². The molecule has 3 nitrogen and oxygen atoms in total. The first kappa shape index (κ1) is 8.95. The molecule has 1 fully saturated rings. The van der Waals surface area contributed by atoms with Crippen molar-refractivity contribution in [2.24, 2.45) is 11.7 Å². The van der Waals surface area contributed by atoms with Crippen LogP contribution in [-0.2, 0) is 4.79 Å². The smallest absolute Gasteiger partial charge is 0.228 e. The number of carbonyl (C=O) groups is 1. The van der Waals surface area contributed by atoms with Gasteiger partial charge in [-0.3, -0.25) is 4.79 Å². The molecule has 4 heteroatoms. The summed E-state index contributed by atoms with van der Waals surface area (Å²) in [5.74, 6) is 0.403. The molecule has 0 bridgehead atoms. The summed E-state index contributed by atoms with van der Waals surface area (Å²) < 4.78 is 1.70. The molecule has 1 rings (SSSR count). The van der Waals surface area contributed by atoms with E-state index in [1.807, 2.05) is 6.92 Å². The van der Waals surface area contributed by atoms with Crippen molar-refractivity contribution in [1.82, 2.24) is 4.67 Å². The maximum atomic E-state index is 11.3. The molecule has 0 aromatic carbocycles. The fourth-order valence-electron chi connectivity index (χ4n) is 1.43. The highest BCUT2D eigenvalue weighted by atomic mass is 31.0. The van der Waals surface area contributed by atoms with E-state index < -0.39 is 0 Å². The predicted octanol–water partition coefficient (Wildman–Crippen LogP) is 0.362. The third-order valence-corrected chi connectivity index (χ3v) is 2.52. The van der Waals surface area contributed by atoms with E-state index in [1.165, 1.54) is 0 Å². The van der Waals surface area contributed by atoms with Gasteiger partial charge in [0.05, 0.1) is 0 Å². The summed E-state index contributed by atoms with van der Waals surface area (Å²) >= 11 is 0. The van der Waals surface area contributed by atoms with Crippen LogP contribution in [0.1, 0.15) is 19.8 Å². The van der Waals surface area contributed by atoms with Crippen LogP contribution >= 0.6 is 9.39 Å². The van der Waals surface area contributed by atoms with Crippen LogP contribution in [0.2, 0.25) is 0 Å². The van der Waals surface area contributed by atoms with Gasteiger partial charge >= 0.3 is 0 Å². The fraction of sp³-hybridized carbons (Fsp3) is 0.857. The highest BCUT2D eigenvalue weighted by molar-refractivity contribution is 7.14. The van der Waals surface area contributed by atoms with Gasteiger partial charge in [-0.1, -0.05) is 0 Å². The van der Waals surface area contributed by atoms with Crippen LogP contribution in [0.15, 0.2) is 0 Å². The Morgan fingerprint density at radius 3 is 2.91 bits per heavy atom. The average Bonchev–Trinajstić information content (AvgIpc) is 2.18. The molecular weight excluding hydrogens is 159 g/mol. The average molecular weight is 174 g/mol. The van der Waals surface area contributed by atoms with Crippen LogP contribution in [0, 0.1) is 5.92 Å². The van der Waals surface area contributed by atoms with Gasteiger partial charge in [-0.2, -0.15) is 0 Å². The van der Waals surface area contributed by atoms with Crippen molar-refractivity contribution < 1.29 is 4.79 Å². The second kappa shape index (κ2) is 3.51. The Hall–Kier alpha value is -0.140. The zero-order chi connectivity index (χ0) is 8.43. The molecule has 1 saturated heterocycles. The molecule has 2 N–H and O–H groups in total. The minimum Gasteiger partial charge on any atom is -0.328 e. The first-order chi connectivity index (χ1) is 5.11. The predicted molar refractivity (Wildman–Crippen MR) is 47.8 cm³/mol. The number of hydrogen-bond acceptors (Lipinski definition) is 2. The molecule has 64 valence electrons. The van der Waals surface area contributed by atoms with Crippen molar-refractivity contribution in [2.75, 3.05) is 6.54 Å². The second-order valence-corrected chi connectivity index (χ2v) is 3.85. The van der Waals surface area contributed by atoms with E-state index in [9.17, 15) is 4.79 Å². The number of amides is 1. The Morgan fingerprint density at radius 2 is 2.55 bits per heavy atom. The zero-order valence-corrected chi connectivity index (χ0v) is 7.94. The van der Waals surface area contributed by atoms with Gasteiger partial charge in [0.2, 0.25) is 5.91 Å². The topological polar surface area (TPSA) is 46.3 Å². The highest BCUT2D eigenvalue weighted by Crippen LogP contribution is 2.24. The SMILES string of the molecule is CC(N)CC1CCN(P)C1=O. The molecule has 0 radical (unpaired) electrons. The van der Waals surface area contributed by atoms with E-state index in [4.69, 9.17) is 5.73 Å². The molecule has 0 aromatic heterocycles. The van der Waals surface area contributed by atoms with Gasteiger partial charge in [0.15, 0.2) is 0 Å². The van der Waals surface area contributed by atoms with Crippen molar-refractivity contribution in [3.8, 4) is 0 Å². The Bertz CT molecular complexity index is 161. The van der Waals surface area contributed by atoms with E-state index in [-0.39, 0.29) is 17.9 Å². The normalized spacial score (nSPS) is 27.7. The summed E-state index contributed by atoms with van der Waals surface area (Å²) in [5.41, 5.74) is 5.60. The van der Waals surface area contributed by atoms with Gasteiger partial charge in [0, 0.05) is 18.5 Å². The molecule has 3 unspecified atom stereocenters. The number of nitrogens with two attached hydrogens (primary N) is 1. The largest absolute Gasteiger partial charge is 0.328 e. The van der Waals surface area contributed by atoms with Gasteiger partial charge in [-0.15, -0.1) is 0 Å². The summed E-state index contributed by atoms with van der Waals surface area (Å²) in [5, 5.41) is 0. The van der Waals surface area contributed by atoms with Crippen LogP contribution < -0.4 is 5.73 Å². The number of hydrogen-bond donors (Lipinski definition) is 1. The van der Waals surface area contributed by atoms with Gasteiger partial charge in [0.25, 0.3) is 0 Å². The molecule has 1 amide bonds. The maximum absolute atomic E-state index is 11.3. The lowest BCUT2D eigenvalue weighted by molar-refractivity contribution is -0.127. The minimum absolute atomic E-state index is 0.139. The molecule has 0 aliphatic carbocycles. The van der Waals surface area contributed by atoms with Gasteiger partial charge in [-0.05, 0) is 29.2 Å². The lowest BCUT2D eigenvalue weighted by atomic mass is 10.0. The lowest BCUT2D eigenvalue weighted by Crippen LogP contribution is -2.24. The van der Waals surface area contributed by atoms with E-state index in [2.05, 4.69) is 9.39 Å². The highest BCUT2D eigenvalue weighted by Gasteiger charge is 2.29. The Balaban J connectivity index is 2.42. The summed E-state index contributed by atoms with van der Waals surface area (Å²) in [6, 6.07) is 0.139. The quantitative estimate of drug-likeness (QED) is 0.614. The van der Waals surface area contributed by atoms with E-state index in [1.54, 1.807) is 4.67 Å². The van der Waals surface area contributed by atoms with Crippen molar-refractivity contribution in [3.63, 3.8) is 0 Å². The molecule has 0 aromatic rings. The van der Waals surface area contributed by atoms with Crippen LogP contribution in [0.25, 0.3) is 0 Å². The number of rotatable bonds is 2. The number of carbonyl (C=O) groups excluding carboxylic acids is 1. The van der Waals surface area contributed by atoms with Crippen molar-refractivity contribution in [2.45, 2.75) is 25.8 Å². The van der Waals surface area contributed by atoms with Crippen LogP contribution in [0.4, 0.5) is 0 Å². The van der Waals surface area contributed by atoms with Crippen LogP contribution in [-0.4, -0.2) is 23.2 Å². The molecule has 0 saturated carbocycles. The standard InChI is InChI=1S/C7H15N2OP/c1-5(8)4-6-2-3-9(11)7(6)10/h5-6H,2-4,8,11H2,1H3. The second-order valence-electron chi connectivity index (χ2n) is 3.23. The van der Waals surface area contributed by atoms with Crippen molar-refractivity contribution in [1.29, 1.82) is 0 Å². The van der Waals surface area contributed by atoms with E-state index in [0.29, 0.717) is 0 Å². The Morgan fingerprint density at radius 1 is 1.91 bits per heavy atom. The van der Waals surface area contributed by atoms with Crippen LogP contribution in [0.5, 0.6) is 0 Å². The van der Waals surface area contributed by atoms with Gasteiger partial charge in [0.1, 0.15) is 0 Å². The van der Waals surface area contributed by atoms with E-state index >= 15 is 0 Å². The summed E-state index contributed by atoms with van der Waals surface area (Å²) in [6.45, 7) is 2.81. The monoisotopic (exact) mass is 174 g/mol. The number of nitrogens with zero attached hydrogens (tertiary/aromatic N) is 1. The maximum Gasteiger partial charge on any atom is 0.228 e. The molecule has 0 spiro atoms. The minimum atomic E-state index is 0.139. The summed E-state index contributed by atoms with van der Waals surface area (Å²) in [7, 11) is 2.44. The fourth-order valence-corrected chi connectivity index (χ4v) is 1.79. The van der Waals surface area contributed by atoms with E-state index in [0.717, 1.165) is 19.4 Å². The molecule has 3 atom stereocenters. The third kappa shape index (κ3) is 2.14. The van der Waals surface area contributed by atoms with Crippen molar-refractivity contribution >= 4 is 15.3 Å². The molecule has 11 heavy (non-hydrogen) atoms. The molecular formula is C7H15N2OP. The lowest BCUT2D eigenvalue weighted by Gasteiger charge is -2.11. The molecule has 1 aliphatic rings.